The molecule has 0 aliphatic rings. The van der Waals surface area contributed by atoms with Gasteiger partial charge in [-0.2, -0.15) is 5.26 Å². The number of hydrogen-bond acceptors (Lipinski definition) is 2. The van der Waals surface area contributed by atoms with Crippen molar-refractivity contribution in [2.75, 3.05) is 0 Å². The van der Waals surface area contributed by atoms with Gasteiger partial charge in [-0.3, -0.25) is 4.79 Å². The number of nitriles is 1. The summed E-state index contributed by atoms with van der Waals surface area (Å²) in [7, 11) is 0. The van der Waals surface area contributed by atoms with Crippen LogP contribution in [0.25, 0.3) is 10.8 Å². The van der Waals surface area contributed by atoms with E-state index in [1.807, 2.05) is 48.5 Å². The molecule has 0 bridgehead atoms. The van der Waals surface area contributed by atoms with Gasteiger partial charge in [0.1, 0.15) is 0 Å². The number of carbonyl (C=O) groups is 1. The van der Waals surface area contributed by atoms with Crippen LogP contribution in [-0.2, 0) is 11.2 Å². The van der Waals surface area contributed by atoms with Crippen LogP contribution < -0.4 is 0 Å². The Hall–Kier alpha value is -3.12. The van der Waals surface area contributed by atoms with E-state index in [1.54, 1.807) is 18.2 Å². The number of benzene rings is 3. The number of fused-ring (bicyclic) bond motifs is 1. The standard InChI is InChI=1S/C20H15NO2/c21-13-15-6-3-5-14(11-15)12-19(20(22)23)18-10-4-8-16-7-1-2-9-17(16)18/h1-11,19H,12H2,(H,22,23). The number of rotatable bonds is 4. The molecule has 0 fully saturated rings. The smallest absolute Gasteiger partial charge is 0.311 e. The summed E-state index contributed by atoms with van der Waals surface area (Å²) < 4.78 is 0. The summed E-state index contributed by atoms with van der Waals surface area (Å²) in [6, 6.07) is 22.7. The van der Waals surface area contributed by atoms with Crippen LogP contribution in [0.3, 0.4) is 0 Å². The molecule has 0 aliphatic heterocycles. The molecule has 0 amide bonds. The first-order valence-electron chi connectivity index (χ1n) is 7.38. The maximum absolute atomic E-state index is 11.8. The fraction of sp³-hybridized carbons (Fsp3) is 0.100. The Kier molecular flexibility index (Phi) is 4.07. The second kappa shape index (κ2) is 6.33. The van der Waals surface area contributed by atoms with Crippen LogP contribution in [0.5, 0.6) is 0 Å². The fourth-order valence-electron chi connectivity index (χ4n) is 2.89. The van der Waals surface area contributed by atoms with Gasteiger partial charge in [0.05, 0.1) is 17.6 Å². The molecule has 0 radical (unpaired) electrons. The molecule has 1 unspecified atom stereocenters. The van der Waals surface area contributed by atoms with Crippen LogP contribution in [-0.4, -0.2) is 11.1 Å². The van der Waals surface area contributed by atoms with E-state index in [0.717, 1.165) is 21.9 Å². The lowest BCUT2D eigenvalue weighted by molar-refractivity contribution is -0.138. The highest BCUT2D eigenvalue weighted by atomic mass is 16.4. The van der Waals surface area contributed by atoms with Gasteiger partial charge in [-0.05, 0) is 40.5 Å². The van der Waals surface area contributed by atoms with Crippen LogP contribution in [0.15, 0.2) is 66.7 Å². The van der Waals surface area contributed by atoms with Crippen molar-refractivity contribution in [2.24, 2.45) is 0 Å². The molecule has 3 rings (SSSR count). The second-order valence-corrected chi connectivity index (χ2v) is 5.48. The molecule has 1 N–H and O–H groups in total. The number of carboxylic acids is 1. The predicted octanol–water partition coefficient (Wildman–Crippen LogP) is 4.12. The Morgan fingerprint density at radius 3 is 2.57 bits per heavy atom. The molecular weight excluding hydrogens is 286 g/mol. The zero-order valence-corrected chi connectivity index (χ0v) is 12.4. The van der Waals surface area contributed by atoms with Gasteiger partial charge in [-0.15, -0.1) is 0 Å². The van der Waals surface area contributed by atoms with E-state index in [0.29, 0.717) is 12.0 Å². The van der Waals surface area contributed by atoms with Gasteiger partial charge in [0.2, 0.25) is 0 Å². The molecule has 23 heavy (non-hydrogen) atoms. The number of carboxylic acid groups (broad SMARTS) is 1. The molecule has 1 atom stereocenters. The van der Waals surface area contributed by atoms with E-state index in [-0.39, 0.29) is 0 Å². The van der Waals surface area contributed by atoms with Crippen LogP contribution in [0.2, 0.25) is 0 Å². The Labute approximate surface area is 134 Å². The van der Waals surface area contributed by atoms with Crippen LogP contribution >= 0.6 is 0 Å². The first-order valence-corrected chi connectivity index (χ1v) is 7.38. The number of nitrogens with zero attached hydrogens (tertiary/aromatic N) is 1. The quantitative estimate of drug-likeness (QED) is 0.788. The Morgan fingerprint density at radius 1 is 1.04 bits per heavy atom. The lowest BCUT2D eigenvalue weighted by Crippen LogP contribution is -2.15. The van der Waals surface area contributed by atoms with Gasteiger partial charge < -0.3 is 5.11 Å². The highest BCUT2D eigenvalue weighted by Crippen LogP contribution is 2.29. The van der Waals surface area contributed by atoms with Crippen molar-refractivity contribution in [2.45, 2.75) is 12.3 Å². The minimum Gasteiger partial charge on any atom is -0.481 e. The summed E-state index contributed by atoms with van der Waals surface area (Å²) in [4.78, 5) is 11.8. The van der Waals surface area contributed by atoms with Crippen LogP contribution in [0.4, 0.5) is 0 Å². The second-order valence-electron chi connectivity index (χ2n) is 5.48. The van der Waals surface area contributed by atoms with Gasteiger partial charge in [-0.25, -0.2) is 0 Å². The zero-order valence-electron chi connectivity index (χ0n) is 12.4. The Bertz CT molecular complexity index is 903. The van der Waals surface area contributed by atoms with E-state index in [9.17, 15) is 9.90 Å². The van der Waals surface area contributed by atoms with E-state index < -0.39 is 11.9 Å². The molecule has 3 aromatic carbocycles. The minimum atomic E-state index is -0.858. The molecule has 0 aliphatic carbocycles. The van der Waals surface area contributed by atoms with E-state index in [4.69, 9.17) is 5.26 Å². The van der Waals surface area contributed by atoms with Crippen molar-refractivity contribution in [3.05, 3.63) is 83.4 Å². The number of hydrogen-bond donors (Lipinski definition) is 1. The molecule has 0 spiro atoms. The molecule has 0 saturated heterocycles. The molecule has 0 aromatic heterocycles. The van der Waals surface area contributed by atoms with E-state index in [2.05, 4.69) is 6.07 Å². The first-order chi connectivity index (χ1) is 11.2. The van der Waals surface area contributed by atoms with Crippen molar-refractivity contribution in [3.63, 3.8) is 0 Å². The topological polar surface area (TPSA) is 61.1 Å². The molecule has 3 heteroatoms. The summed E-state index contributed by atoms with van der Waals surface area (Å²) in [6.07, 6.45) is 0.360. The summed E-state index contributed by atoms with van der Waals surface area (Å²) in [5, 5.41) is 20.7. The highest BCUT2D eigenvalue weighted by Gasteiger charge is 2.22. The maximum atomic E-state index is 11.8. The van der Waals surface area contributed by atoms with Gasteiger partial charge in [0.25, 0.3) is 0 Å². The lowest BCUT2D eigenvalue weighted by Gasteiger charge is -2.15. The summed E-state index contributed by atoms with van der Waals surface area (Å²) in [5.74, 6) is -1.50. The first kappa shape index (κ1) is 14.8. The van der Waals surface area contributed by atoms with Gasteiger partial charge in [0.15, 0.2) is 0 Å². The lowest BCUT2D eigenvalue weighted by atomic mass is 9.88. The number of aliphatic carboxylic acids is 1. The fourth-order valence-corrected chi connectivity index (χ4v) is 2.89. The van der Waals surface area contributed by atoms with Gasteiger partial charge >= 0.3 is 5.97 Å². The summed E-state index contributed by atoms with van der Waals surface area (Å²) >= 11 is 0. The van der Waals surface area contributed by atoms with Crippen molar-refractivity contribution in [1.29, 1.82) is 5.26 Å². The normalized spacial score (nSPS) is 11.8. The van der Waals surface area contributed by atoms with Crippen molar-refractivity contribution in [3.8, 4) is 6.07 Å². The Morgan fingerprint density at radius 2 is 1.78 bits per heavy atom. The zero-order chi connectivity index (χ0) is 16.2. The third kappa shape index (κ3) is 3.07. The van der Waals surface area contributed by atoms with Gasteiger partial charge in [-0.1, -0.05) is 54.6 Å². The largest absolute Gasteiger partial charge is 0.481 e. The molecule has 0 heterocycles. The molecule has 112 valence electrons. The van der Waals surface area contributed by atoms with E-state index >= 15 is 0 Å². The monoisotopic (exact) mass is 301 g/mol. The van der Waals surface area contributed by atoms with Crippen LogP contribution in [0.1, 0.15) is 22.6 Å². The van der Waals surface area contributed by atoms with Crippen molar-refractivity contribution < 1.29 is 9.90 Å². The summed E-state index contributed by atoms with van der Waals surface area (Å²) in [6.45, 7) is 0. The predicted molar refractivity (Wildman–Crippen MR) is 89.2 cm³/mol. The molecule has 3 aromatic rings. The van der Waals surface area contributed by atoms with Crippen molar-refractivity contribution >= 4 is 16.7 Å². The third-order valence-corrected chi connectivity index (χ3v) is 3.99. The average Bonchev–Trinajstić information content (AvgIpc) is 2.59. The molecular formula is C20H15NO2. The van der Waals surface area contributed by atoms with Crippen LogP contribution in [0, 0.1) is 11.3 Å². The minimum absolute atomic E-state index is 0.360. The summed E-state index contributed by atoms with van der Waals surface area (Å²) in [5.41, 5.74) is 2.20. The average molecular weight is 301 g/mol. The van der Waals surface area contributed by atoms with Crippen molar-refractivity contribution in [1.82, 2.24) is 0 Å². The SMILES string of the molecule is N#Cc1cccc(CC(C(=O)O)c2cccc3ccccc23)c1. The molecule has 3 nitrogen and oxygen atoms in total. The van der Waals surface area contributed by atoms with Gasteiger partial charge in [0, 0.05) is 0 Å². The van der Waals surface area contributed by atoms with E-state index in [1.165, 1.54) is 0 Å². The maximum Gasteiger partial charge on any atom is 0.311 e. The molecule has 0 saturated carbocycles. The third-order valence-electron chi connectivity index (χ3n) is 3.99. The Balaban J connectivity index is 2.05. The highest BCUT2D eigenvalue weighted by molar-refractivity contribution is 5.90.